The first-order valence-corrected chi connectivity index (χ1v) is 7.34. The second-order valence-electron chi connectivity index (χ2n) is 4.85. The van der Waals surface area contributed by atoms with E-state index in [4.69, 9.17) is 10.2 Å². The van der Waals surface area contributed by atoms with Crippen LogP contribution in [0.1, 0.15) is 29.5 Å². The highest BCUT2D eigenvalue weighted by molar-refractivity contribution is 9.10. The second kappa shape index (κ2) is 6.76. The van der Waals surface area contributed by atoms with Crippen LogP contribution in [0.25, 0.3) is 0 Å². The number of hydrogen-bond donors (Lipinski definition) is 2. The average Bonchev–Trinajstić information content (AvgIpc) is 2.93. The number of nitrogens with two attached hydrogens (primary N) is 1. The van der Waals surface area contributed by atoms with Crippen LogP contribution in [0.4, 0.5) is 10.1 Å². The third kappa shape index (κ3) is 4.07. The Balaban J connectivity index is 1.96. The zero-order chi connectivity index (χ0) is 15.4. The Hall–Kier alpha value is -1.82. The van der Waals surface area contributed by atoms with Gasteiger partial charge in [0.2, 0.25) is 0 Å². The molecule has 0 saturated carbocycles. The molecule has 0 spiro atoms. The summed E-state index contributed by atoms with van der Waals surface area (Å²) >= 11 is 3.17. The zero-order valence-electron chi connectivity index (χ0n) is 11.5. The van der Waals surface area contributed by atoms with Gasteiger partial charge in [0.05, 0.1) is 17.5 Å². The molecule has 1 unspecified atom stereocenters. The van der Waals surface area contributed by atoms with Crippen LogP contribution in [0.2, 0.25) is 0 Å². The maximum absolute atomic E-state index is 13.3. The fourth-order valence-electron chi connectivity index (χ4n) is 1.93. The minimum absolute atomic E-state index is 0.0409. The van der Waals surface area contributed by atoms with E-state index in [1.807, 2.05) is 19.1 Å². The Morgan fingerprint density at radius 3 is 2.95 bits per heavy atom. The fraction of sp³-hybridized carbons (Fsp3) is 0.267. The lowest BCUT2D eigenvalue weighted by molar-refractivity contribution is 0.0937. The fourth-order valence-corrected chi connectivity index (χ4v) is 2.42. The van der Waals surface area contributed by atoms with Gasteiger partial charge < -0.3 is 15.5 Å². The lowest BCUT2D eigenvalue weighted by Crippen LogP contribution is -2.33. The number of hydrogen-bond acceptors (Lipinski definition) is 3. The third-order valence-corrected chi connectivity index (χ3v) is 3.77. The molecule has 1 aromatic carbocycles. The maximum Gasteiger partial charge on any atom is 0.252 e. The van der Waals surface area contributed by atoms with Crippen molar-refractivity contribution in [2.45, 2.75) is 25.8 Å². The number of benzene rings is 1. The second-order valence-corrected chi connectivity index (χ2v) is 5.70. The largest absolute Gasteiger partial charge is 0.469 e. The van der Waals surface area contributed by atoms with Gasteiger partial charge in [-0.15, -0.1) is 0 Å². The van der Waals surface area contributed by atoms with E-state index < -0.39 is 5.82 Å². The number of amides is 1. The highest BCUT2D eigenvalue weighted by atomic mass is 79.9. The number of nitrogens with one attached hydrogen (secondary N) is 1. The number of anilines is 1. The van der Waals surface area contributed by atoms with Gasteiger partial charge in [-0.25, -0.2) is 4.39 Å². The van der Waals surface area contributed by atoms with Crippen molar-refractivity contribution in [3.05, 3.63) is 52.1 Å². The van der Waals surface area contributed by atoms with Gasteiger partial charge in [-0.3, -0.25) is 4.79 Å². The molecule has 6 heteroatoms. The Labute approximate surface area is 130 Å². The lowest BCUT2D eigenvalue weighted by atomic mass is 10.1. The SMILES string of the molecule is CC(CCc1ccco1)NC(=O)c1cc(N)c(F)cc1Br. The van der Waals surface area contributed by atoms with E-state index in [1.54, 1.807) is 6.26 Å². The summed E-state index contributed by atoms with van der Waals surface area (Å²) in [7, 11) is 0. The molecular formula is C15H16BrFN2O2. The van der Waals surface area contributed by atoms with Crippen LogP contribution in [0.15, 0.2) is 39.4 Å². The van der Waals surface area contributed by atoms with Crippen LogP contribution in [0, 0.1) is 5.82 Å². The third-order valence-electron chi connectivity index (χ3n) is 3.11. The normalized spacial score (nSPS) is 12.1. The van der Waals surface area contributed by atoms with Crippen LogP contribution in [0.3, 0.4) is 0 Å². The molecule has 0 aliphatic rings. The van der Waals surface area contributed by atoms with Crippen molar-refractivity contribution in [1.29, 1.82) is 0 Å². The topological polar surface area (TPSA) is 68.3 Å². The van der Waals surface area contributed by atoms with Gasteiger partial charge in [0, 0.05) is 16.9 Å². The predicted octanol–water partition coefficient (Wildman–Crippen LogP) is 3.51. The smallest absolute Gasteiger partial charge is 0.252 e. The molecule has 2 rings (SSSR count). The summed E-state index contributed by atoms with van der Waals surface area (Å²) in [5, 5.41) is 2.86. The first-order chi connectivity index (χ1) is 9.97. The number of halogens is 2. The molecule has 1 heterocycles. The van der Waals surface area contributed by atoms with Gasteiger partial charge in [0.25, 0.3) is 5.91 Å². The summed E-state index contributed by atoms with van der Waals surface area (Å²) in [5.74, 6) is 0.0353. The van der Waals surface area contributed by atoms with Crippen molar-refractivity contribution in [3.63, 3.8) is 0 Å². The number of nitrogen functional groups attached to an aromatic ring is 1. The molecule has 4 nitrogen and oxygen atoms in total. The molecular weight excluding hydrogens is 339 g/mol. The van der Waals surface area contributed by atoms with E-state index in [0.29, 0.717) is 10.0 Å². The van der Waals surface area contributed by atoms with Crippen LogP contribution in [0.5, 0.6) is 0 Å². The molecule has 0 aliphatic carbocycles. The van der Waals surface area contributed by atoms with Gasteiger partial charge in [-0.05, 0) is 53.5 Å². The average molecular weight is 355 g/mol. The van der Waals surface area contributed by atoms with Crippen molar-refractivity contribution in [1.82, 2.24) is 5.32 Å². The Bertz CT molecular complexity index is 629. The molecule has 1 aromatic heterocycles. The van der Waals surface area contributed by atoms with Crippen molar-refractivity contribution in [2.75, 3.05) is 5.73 Å². The Kier molecular flexibility index (Phi) is 5.01. The summed E-state index contributed by atoms with van der Waals surface area (Å²) in [5.41, 5.74) is 5.76. The summed E-state index contributed by atoms with van der Waals surface area (Å²) in [6, 6.07) is 6.20. The molecule has 2 aromatic rings. The van der Waals surface area contributed by atoms with Gasteiger partial charge in [0.15, 0.2) is 0 Å². The molecule has 0 fully saturated rings. The Morgan fingerprint density at radius 1 is 1.52 bits per heavy atom. The molecule has 112 valence electrons. The van der Waals surface area contributed by atoms with Crippen LogP contribution < -0.4 is 11.1 Å². The van der Waals surface area contributed by atoms with Gasteiger partial charge in [-0.2, -0.15) is 0 Å². The molecule has 0 bridgehead atoms. The number of aryl methyl sites for hydroxylation is 1. The van der Waals surface area contributed by atoms with Gasteiger partial charge in [0.1, 0.15) is 11.6 Å². The molecule has 0 saturated heterocycles. The maximum atomic E-state index is 13.3. The van der Waals surface area contributed by atoms with Crippen LogP contribution >= 0.6 is 15.9 Å². The minimum atomic E-state index is -0.552. The molecule has 0 radical (unpaired) electrons. The number of furan rings is 1. The number of carbonyl (C=O) groups excluding carboxylic acids is 1. The van der Waals surface area contributed by atoms with Crippen LogP contribution in [-0.2, 0) is 6.42 Å². The Morgan fingerprint density at radius 2 is 2.29 bits per heavy atom. The van der Waals surface area contributed by atoms with E-state index in [1.165, 1.54) is 12.1 Å². The van der Waals surface area contributed by atoms with E-state index >= 15 is 0 Å². The molecule has 1 amide bonds. The van der Waals surface area contributed by atoms with Crippen LogP contribution in [-0.4, -0.2) is 11.9 Å². The highest BCUT2D eigenvalue weighted by Gasteiger charge is 2.15. The summed E-state index contributed by atoms with van der Waals surface area (Å²) in [4.78, 5) is 12.2. The van der Waals surface area contributed by atoms with E-state index in [-0.39, 0.29) is 17.6 Å². The van der Waals surface area contributed by atoms with Crippen molar-refractivity contribution in [3.8, 4) is 0 Å². The standard InChI is InChI=1S/C15H16BrFN2O2/c1-9(4-5-10-3-2-6-21-10)19-15(20)11-7-14(18)13(17)8-12(11)16/h2-3,6-9H,4-5,18H2,1H3,(H,19,20). The molecule has 21 heavy (non-hydrogen) atoms. The minimum Gasteiger partial charge on any atom is -0.469 e. The monoisotopic (exact) mass is 354 g/mol. The first-order valence-electron chi connectivity index (χ1n) is 6.55. The molecule has 0 aliphatic heterocycles. The quantitative estimate of drug-likeness (QED) is 0.807. The predicted molar refractivity (Wildman–Crippen MR) is 82.5 cm³/mol. The summed E-state index contributed by atoms with van der Waals surface area (Å²) in [6.45, 7) is 1.90. The zero-order valence-corrected chi connectivity index (χ0v) is 13.1. The first kappa shape index (κ1) is 15.6. The highest BCUT2D eigenvalue weighted by Crippen LogP contribution is 2.23. The summed E-state index contributed by atoms with van der Waals surface area (Å²) in [6.07, 6.45) is 3.10. The van der Waals surface area contributed by atoms with E-state index in [9.17, 15) is 9.18 Å². The number of carbonyl (C=O) groups is 1. The summed E-state index contributed by atoms with van der Waals surface area (Å²) < 4.78 is 18.9. The molecule has 3 N–H and O–H groups in total. The van der Waals surface area contributed by atoms with E-state index in [0.717, 1.165) is 18.6 Å². The van der Waals surface area contributed by atoms with Gasteiger partial charge >= 0.3 is 0 Å². The van der Waals surface area contributed by atoms with Gasteiger partial charge in [-0.1, -0.05) is 0 Å². The molecule has 1 atom stereocenters. The lowest BCUT2D eigenvalue weighted by Gasteiger charge is -2.14. The van der Waals surface area contributed by atoms with Crippen molar-refractivity contribution < 1.29 is 13.6 Å². The number of rotatable bonds is 5. The van der Waals surface area contributed by atoms with Crippen molar-refractivity contribution >= 4 is 27.5 Å². The van der Waals surface area contributed by atoms with Crippen molar-refractivity contribution in [2.24, 2.45) is 0 Å². The van der Waals surface area contributed by atoms with E-state index in [2.05, 4.69) is 21.2 Å².